The molecule has 0 spiro atoms. The van der Waals surface area contributed by atoms with Gasteiger partial charge in [-0.25, -0.2) is 14.5 Å². The summed E-state index contributed by atoms with van der Waals surface area (Å²) in [6, 6.07) is 19.2. The minimum atomic E-state index is -0.261. The van der Waals surface area contributed by atoms with Crippen LogP contribution in [0.3, 0.4) is 0 Å². The molecule has 1 aliphatic rings. The molecule has 2 aromatic heterocycles. The van der Waals surface area contributed by atoms with E-state index in [2.05, 4.69) is 94.2 Å². The number of imidazole rings is 1. The minimum absolute atomic E-state index is 0.0774. The molecule has 0 amide bonds. The van der Waals surface area contributed by atoms with Crippen molar-refractivity contribution in [2.75, 3.05) is 10.2 Å². The van der Waals surface area contributed by atoms with Gasteiger partial charge in [0.25, 0.3) is 0 Å². The molecule has 5 rings (SSSR count). The van der Waals surface area contributed by atoms with E-state index in [1.54, 1.807) is 4.52 Å². The van der Waals surface area contributed by atoms with Gasteiger partial charge in [0.2, 0.25) is 0 Å². The number of fused-ring (bicyclic) bond motifs is 1. The van der Waals surface area contributed by atoms with Gasteiger partial charge in [-0.2, -0.15) is 5.10 Å². The average molecular weight is 525 g/mol. The Hall–Kier alpha value is -2.52. The highest BCUT2D eigenvalue weighted by molar-refractivity contribution is 14.1. The Balaban J connectivity index is 1.57. The monoisotopic (exact) mass is 525 g/mol. The van der Waals surface area contributed by atoms with Gasteiger partial charge in [0.15, 0.2) is 5.82 Å². The molecule has 2 aromatic carbocycles. The van der Waals surface area contributed by atoms with Crippen LogP contribution in [0.4, 0.5) is 5.82 Å². The zero-order valence-electron chi connectivity index (χ0n) is 17.2. The summed E-state index contributed by atoms with van der Waals surface area (Å²) in [4.78, 5) is 9.11. The molecule has 1 atom stereocenters. The molecule has 0 unspecified atom stereocenters. The number of nitrogens with two attached hydrogens (primary N) is 1. The van der Waals surface area contributed by atoms with Crippen molar-refractivity contribution in [2.45, 2.75) is 37.2 Å². The van der Waals surface area contributed by atoms with Crippen LogP contribution < -0.4 is 5.73 Å². The number of alkyl halides is 1. The first kappa shape index (κ1) is 20.4. The first-order chi connectivity index (χ1) is 15.0. The van der Waals surface area contributed by atoms with Crippen molar-refractivity contribution in [2.24, 2.45) is 0 Å². The highest BCUT2D eigenvalue weighted by atomic mass is 127. The third-order valence-corrected chi connectivity index (χ3v) is 7.96. The molecule has 0 bridgehead atoms. The predicted octanol–water partition coefficient (Wildman–Crippen LogP) is 4.35. The fourth-order valence-electron chi connectivity index (χ4n) is 4.36. The summed E-state index contributed by atoms with van der Waals surface area (Å²) in [5, 5.41) is 14.2. The smallest absolute Gasteiger partial charge is 0.153 e. The molecule has 1 fully saturated rings. The number of aromatic nitrogens is 4. The van der Waals surface area contributed by atoms with E-state index in [0.717, 1.165) is 27.0 Å². The quantitative estimate of drug-likeness (QED) is 0.299. The van der Waals surface area contributed by atoms with E-state index in [-0.39, 0.29) is 17.4 Å². The van der Waals surface area contributed by atoms with Crippen molar-refractivity contribution in [3.05, 3.63) is 77.9 Å². The molecule has 158 valence electrons. The number of aliphatic hydroxyl groups excluding tert-OH is 1. The maximum Gasteiger partial charge on any atom is 0.153 e. The normalized spacial score (nSPS) is 20.4. The van der Waals surface area contributed by atoms with Gasteiger partial charge in [-0.05, 0) is 24.0 Å². The zero-order valence-corrected chi connectivity index (χ0v) is 19.4. The van der Waals surface area contributed by atoms with E-state index >= 15 is 0 Å². The van der Waals surface area contributed by atoms with Gasteiger partial charge in [0.1, 0.15) is 23.4 Å². The molecule has 0 aliphatic heterocycles. The molecule has 0 saturated heterocycles. The second-order valence-electron chi connectivity index (χ2n) is 8.46. The summed E-state index contributed by atoms with van der Waals surface area (Å²) in [7, 11) is 0. The Morgan fingerprint density at radius 3 is 2.42 bits per heavy atom. The summed E-state index contributed by atoms with van der Waals surface area (Å²) in [5.41, 5.74) is 11.2. The van der Waals surface area contributed by atoms with Gasteiger partial charge < -0.3 is 10.8 Å². The topological polar surface area (TPSA) is 89.3 Å². The molecule has 3 N–H and O–H groups in total. The van der Waals surface area contributed by atoms with E-state index in [1.807, 2.05) is 0 Å². The van der Waals surface area contributed by atoms with Crippen LogP contribution in [-0.4, -0.2) is 35.2 Å². The lowest BCUT2D eigenvalue weighted by atomic mass is 9.78. The van der Waals surface area contributed by atoms with Crippen LogP contribution in [0.5, 0.6) is 0 Å². The average Bonchev–Trinajstić information content (AvgIpc) is 3.17. The van der Waals surface area contributed by atoms with Crippen molar-refractivity contribution in [1.82, 2.24) is 19.6 Å². The van der Waals surface area contributed by atoms with Crippen LogP contribution in [-0.2, 0) is 5.41 Å². The molecule has 4 aromatic rings. The molecule has 2 heterocycles. The number of hydrogen-bond acceptors (Lipinski definition) is 5. The van der Waals surface area contributed by atoms with Crippen LogP contribution in [0.25, 0.3) is 16.8 Å². The number of benzene rings is 2. The Labute approximate surface area is 194 Å². The lowest BCUT2D eigenvalue weighted by Gasteiger charge is -2.29. The van der Waals surface area contributed by atoms with Crippen molar-refractivity contribution in [3.63, 3.8) is 0 Å². The third-order valence-electron chi connectivity index (χ3n) is 6.44. The Morgan fingerprint density at radius 1 is 1.10 bits per heavy atom. The van der Waals surface area contributed by atoms with E-state index < -0.39 is 0 Å². The predicted molar refractivity (Wildman–Crippen MR) is 130 cm³/mol. The van der Waals surface area contributed by atoms with Crippen LogP contribution in [0, 0.1) is 0 Å². The zero-order chi connectivity index (χ0) is 21.6. The SMILES string of the molecule is C[C@@](CI)(c1ccccc1)c1ccc(-c2nc(C3CC(O)C3)n3ncnc(N)c23)cc1. The summed E-state index contributed by atoms with van der Waals surface area (Å²) in [5.74, 6) is 1.44. The number of nitrogens with zero attached hydrogens (tertiary/aromatic N) is 4. The maximum absolute atomic E-state index is 9.76. The number of nitrogen functional groups attached to an aromatic ring is 1. The summed E-state index contributed by atoms with van der Waals surface area (Å²) < 4.78 is 2.76. The maximum atomic E-state index is 9.76. The van der Waals surface area contributed by atoms with E-state index in [9.17, 15) is 5.11 Å². The molecule has 0 radical (unpaired) electrons. The number of hydrogen-bond donors (Lipinski definition) is 2. The fraction of sp³-hybridized carbons (Fsp3) is 0.292. The van der Waals surface area contributed by atoms with Gasteiger partial charge >= 0.3 is 0 Å². The van der Waals surface area contributed by atoms with Crippen molar-refractivity contribution < 1.29 is 5.11 Å². The van der Waals surface area contributed by atoms with Gasteiger partial charge in [-0.3, -0.25) is 0 Å². The Kier molecular flexibility index (Phi) is 5.18. The fourth-order valence-corrected chi connectivity index (χ4v) is 5.25. The standard InChI is InChI=1S/C24H24IN5O/c1-24(13-25,17-5-3-2-4-6-17)18-9-7-15(8-10-18)20-21-22(26)27-14-28-30(21)23(29-20)16-11-19(31)12-16/h2-10,14,16,19,31H,11-13H2,1H3,(H2,26,27,28)/t16?,19?,24-/m1/s1. The Bertz CT molecular complexity index is 1220. The van der Waals surface area contributed by atoms with Crippen LogP contribution >= 0.6 is 22.6 Å². The van der Waals surface area contributed by atoms with Gasteiger partial charge in [-0.1, -0.05) is 84.1 Å². The largest absolute Gasteiger partial charge is 0.393 e. The van der Waals surface area contributed by atoms with Gasteiger partial charge in [0, 0.05) is 21.3 Å². The van der Waals surface area contributed by atoms with Crippen LogP contribution in [0.15, 0.2) is 60.9 Å². The number of anilines is 1. The lowest BCUT2D eigenvalue weighted by molar-refractivity contribution is 0.0711. The molecule has 6 nitrogen and oxygen atoms in total. The van der Waals surface area contributed by atoms with Crippen molar-refractivity contribution in [1.29, 1.82) is 0 Å². The van der Waals surface area contributed by atoms with E-state index in [0.29, 0.717) is 18.7 Å². The molecule has 1 aliphatic carbocycles. The van der Waals surface area contributed by atoms with E-state index in [4.69, 9.17) is 10.7 Å². The van der Waals surface area contributed by atoms with Crippen molar-refractivity contribution >= 4 is 33.9 Å². The highest BCUT2D eigenvalue weighted by Crippen LogP contribution is 2.40. The minimum Gasteiger partial charge on any atom is -0.393 e. The Morgan fingerprint density at radius 2 is 1.77 bits per heavy atom. The summed E-state index contributed by atoms with van der Waals surface area (Å²) in [6.45, 7) is 2.28. The molecule has 1 saturated carbocycles. The molecule has 31 heavy (non-hydrogen) atoms. The molecular weight excluding hydrogens is 501 g/mol. The van der Waals surface area contributed by atoms with Crippen LogP contribution in [0.2, 0.25) is 0 Å². The second-order valence-corrected chi connectivity index (χ2v) is 9.22. The summed E-state index contributed by atoms with van der Waals surface area (Å²) >= 11 is 2.46. The van der Waals surface area contributed by atoms with Gasteiger partial charge in [0.05, 0.1) is 6.10 Å². The lowest BCUT2D eigenvalue weighted by Crippen LogP contribution is -2.28. The number of aliphatic hydroxyl groups is 1. The van der Waals surface area contributed by atoms with Crippen LogP contribution in [0.1, 0.15) is 42.6 Å². The second kappa shape index (κ2) is 7.87. The first-order valence-corrected chi connectivity index (χ1v) is 11.9. The third kappa shape index (κ3) is 3.40. The van der Waals surface area contributed by atoms with Gasteiger partial charge in [-0.15, -0.1) is 0 Å². The van der Waals surface area contributed by atoms with Crippen molar-refractivity contribution in [3.8, 4) is 11.3 Å². The highest BCUT2D eigenvalue weighted by Gasteiger charge is 2.34. The van der Waals surface area contributed by atoms with E-state index in [1.165, 1.54) is 17.5 Å². The number of rotatable bonds is 5. The molecule has 7 heteroatoms. The summed E-state index contributed by atoms with van der Waals surface area (Å²) in [6.07, 6.45) is 2.60. The number of halogens is 1. The molecular formula is C24H24IN5O. The first-order valence-electron chi connectivity index (χ1n) is 10.4.